The van der Waals surface area contributed by atoms with Gasteiger partial charge in [-0.2, -0.15) is 0 Å². The molecule has 19 heavy (non-hydrogen) atoms. The summed E-state index contributed by atoms with van der Waals surface area (Å²) >= 11 is 0. The van der Waals surface area contributed by atoms with Crippen molar-refractivity contribution >= 4 is 5.82 Å². The zero-order valence-corrected chi connectivity index (χ0v) is 12.4. The summed E-state index contributed by atoms with van der Waals surface area (Å²) in [5, 5.41) is 3.27. The molecule has 0 amide bonds. The van der Waals surface area contributed by atoms with Gasteiger partial charge in [0.15, 0.2) is 0 Å². The van der Waals surface area contributed by atoms with Crippen molar-refractivity contribution in [2.75, 3.05) is 39.0 Å². The lowest BCUT2D eigenvalue weighted by Gasteiger charge is -2.35. The predicted octanol–water partition coefficient (Wildman–Crippen LogP) is 2.04. The van der Waals surface area contributed by atoms with Crippen molar-refractivity contribution in [2.45, 2.75) is 32.4 Å². The van der Waals surface area contributed by atoms with Gasteiger partial charge in [0.05, 0.1) is 0 Å². The number of likely N-dealkylation sites (tertiary alicyclic amines) is 1. The van der Waals surface area contributed by atoms with E-state index in [0.717, 1.165) is 24.9 Å². The van der Waals surface area contributed by atoms with Crippen molar-refractivity contribution in [1.29, 1.82) is 0 Å². The van der Waals surface area contributed by atoms with E-state index in [1.165, 1.54) is 31.5 Å². The summed E-state index contributed by atoms with van der Waals surface area (Å²) in [6.45, 7) is 6.45. The van der Waals surface area contributed by atoms with Gasteiger partial charge in [0.25, 0.3) is 0 Å². The molecule has 4 nitrogen and oxygen atoms in total. The maximum atomic E-state index is 4.32. The van der Waals surface area contributed by atoms with Crippen molar-refractivity contribution < 1.29 is 0 Å². The average molecular weight is 262 g/mol. The molecule has 1 saturated heterocycles. The SMILES string of the molecule is CCNc1cc(CN2CCC(N(C)C)CC2)ccn1. The summed E-state index contributed by atoms with van der Waals surface area (Å²) in [5.74, 6) is 0.989. The van der Waals surface area contributed by atoms with Crippen LogP contribution < -0.4 is 5.32 Å². The maximum absolute atomic E-state index is 4.32. The third-order valence-corrected chi connectivity index (χ3v) is 3.88. The highest BCUT2D eigenvalue weighted by molar-refractivity contribution is 5.37. The molecule has 0 atom stereocenters. The van der Waals surface area contributed by atoms with Gasteiger partial charge >= 0.3 is 0 Å². The summed E-state index contributed by atoms with van der Waals surface area (Å²) < 4.78 is 0. The Kier molecular flexibility index (Phi) is 5.16. The maximum Gasteiger partial charge on any atom is 0.126 e. The van der Waals surface area contributed by atoms with E-state index >= 15 is 0 Å². The van der Waals surface area contributed by atoms with Crippen LogP contribution in [0.1, 0.15) is 25.3 Å². The number of rotatable bonds is 5. The Hall–Kier alpha value is -1.13. The summed E-state index contributed by atoms with van der Waals surface area (Å²) in [6.07, 6.45) is 4.45. The number of nitrogens with zero attached hydrogens (tertiary/aromatic N) is 3. The van der Waals surface area contributed by atoms with Crippen LogP contribution >= 0.6 is 0 Å². The average Bonchev–Trinajstić information content (AvgIpc) is 2.40. The highest BCUT2D eigenvalue weighted by atomic mass is 15.2. The first kappa shape index (κ1) is 14.3. The lowest BCUT2D eigenvalue weighted by atomic mass is 10.0. The standard InChI is InChI=1S/C15H26N4/c1-4-16-15-11-13(5-8-17-15)12-19-9-6-14(7-10-19)18(2)3/h5,8,11,14H,4,6-7,9-10,12H2,1-3H3,(H,16,17). The molecule has 1 aromatic rings. The Balaban J connectivity index is 1.86. The van der Waals surface area contributed by atoms with Crippen LogP contribution in [0.5, 0.6) is 0 Å². The first-order chi connectivity index (χ1) is 9.19. The van der Waals surface area contributed by atoms with E-state index < -0.39 is 0 Å². The van der Waals surface area contributed by atoms with Gasteiger partial charge in [-0.15, -0.1) is 0 Å². The molecule has 1 aromatic heterocycles. The highest BCUT2D eigenvalue weighted by Gasteiger charge is 2.20. The fourth-order valence-corrected chi connectivity index (χ4v) is 2.70. The Bertz CT molecular complexity index is 383. The molecule has 0 bridgehead atoms. The van der Waals surface area contributed by atoms with Crippen molar-refractivity contribution in [1.82, 2.24) is 14.8 Å². The van der Waals surface area contributed by atoms with E-state index in [2.05, 4.69) is 53.3 Å². The Morgan fingerprint density at radius 3 is 2.74 bits per heavy atom. The minimum Gasteiger partial charge on any atom is -0.370 e. The highest BCUT2D eigenvalue weighted by Crippen LogP contribution is 2.17. The lowest BCUT2D eigenvalue weighted by molar-refractivity contribution is 0.140. The van der Waals surface area contributed by atoms with Crippen molar-refractivity contribution in [3.05, 3.63) is 23.9 Å². The molecule has 1 N–H and O–H groups in total. The van der Waals surface area contributed by atoms with Gasteiger partial charge in [-0.3, -0.25) is 4.90 Å². The largest absolute Gasteiger partial charge is 0.370 e. The number of piperidine rings is 1. The zero-order valence-electron chi connectivity index (χ0n) is 12.4. The summed E-state index contributed by atoms with van der Waals surface area (Å²) in [6, 6.07) is 5.05. The smallest absolute Gasteiger partial charge is 0.126 e. The van der Waals surface area contributed by atoms with Crippen molar-refractivity contribution in [3.63, 3.8) is 0 Å². The van der Waals surface area contributed by atoms with Gasteiger partial charge in [-0.05, 0) is 64.6 Å². The lowest BCUT2D eigenvalue weighted by Crippen LogP contribution is -2.41. The summed E-state index contributed by atoms with van der Waals surface area (Å²) in [4.78, 5) is 9.22. The molecule has 0 spiro atoms. The van der Waals surface area contributed by atoms with Crippen LogP contribution in [-0.2, 0) is 6.54 Å². The zero-order chi connectivity index (χ0) is 13.7. The Labute approximate surface area is 116 Å². The fraction of sp³-hybridized carbons (Fsp3) is 0.667. The van der Waals surface area contributed by atoms with Crippen LogP contribution in [0.2, 0.25) is 0 Å². The van der Waals surface area contributed by atoms with Crippen LogP contribution in [-0.4, -0.2) is 54.6 Å². The second kappa shape index (κ2) is 6.87. The van der Waals surface area contributed by atoms with E-state index in [4.69, 9.17) is 0 Å². The second-order valence-electron chi connectivity index (χ2n) is 5.55. The third kappa shape index (κ3) is 4.18. The van der Waals surface area contributed by atoms with Crippen LogP contribution in [0.25, 0.3) is 0 Å². The monoisotopic (exact) mass is 262 g/mol. The molecule has 0 radical (unpaired) electrons. The Morgan fingerprint density at radius 2 is 2.11 bits per heavy atom. The van der Waals surface area contributed by atoms with Crippen molar-refractivity contribution in [2.24, 2.45) is 0 Å². The van der Waals surface area contributed by atoms with E-state index in [1.54, 1.807) is 0 Å². The van der Waals surface area contributed by atoms with Crippen LogP contribution in [0.3, 0.4) is 0 Å². The molecule has 0 saturated carbocycles. The van der Waals surface area contributed by atoms with E-state index in [0.29, 0.717) is 0 Å². The minimum atomic E-state index is 0.756. The van der Waals surface area contributed by atoms with Gasteiger partial charge in [-0.1, -0.05) is 0 Å². The minimum absolute atomic E-state index is 0.756. The summed E-state index contributed by atoms with van der Waals surface area (Å²) in [5.41, 5.74) is 1.36. The molecular weight excluding hydrogens is 236 g/mol. The van der Waals surface area contributed by atoms with E-state index in [1.807, 2.05) is 6.20 Å². The molecule has 0 aliphatic carbocycles. The van der Waals surface area contributed by atoms with Gasteiger partial charge < -0.3 is 10.2 Å². The predicted molar refractivity (Wildman–Crippen MR) is 80.4 cm³/mol. The van der Waals surface area contributed by atoms with E-state index in [-0.39, 0.29) is 0 Å². The van der Waals surface area contributed by atoms with Crippen LogP contribution in [0, 0.1) is 0 Å². The first-order valence-corrected chi connectivity index (χ1v) is 7.26. The van der Waals surface area contributed by atoms with Gasteiger partial charge in [-0.25, -0.2) is 4.98 Å². The van der Waals surface area contributed by atoms with Gasteiger partial charge in [0.2, 0.25) is 0 Å². The number of hydrogen-bond acceptors (Lipinski definition) is 4. The molecule has 0 aromatic carbocycles. The van der Waals surface area contributed by atoms with Crippen LogP contribution in [0.4, 0.5) is 5.82 Å². The normalized spacial score (nSPS) is 17.9. The molecular formula is C15H26N4. The number of nitrogens with one attached hydrogen (secondary N) is 1. The van der Waals surface area contributed by atoms with Gasteiger partial charge in [0.1, 0.15) is 5.82 Å². The molecule has 1 aliphatic rings. The number of pyridine rings is 1. The number of aromatic nitrogens is 1. The number of hydrogen-bond donors (Lipinski definition) is 1. The Morgan fingerprint density at radius 1 is 1.37 bits per heavy atom. The first-order valence-electron chi connectivity index (χ1n) is 7.26. The molecule has 4 heteroatoms. The van der Waals surface area contributed by atoms with Crippen LogP contribution in [0.15, 0.2) is 18.3 Å². The molecule has 2 heterocycles. The topological polar surface area (TPSA) is 31.4 Å². The second-order valence-corrected chi connectivity index (χ2v) is 5.55. The molecule has 2 rings (SSSR count). The van der Waals surface area contributed by atoms with Crippen molar-refractivity contribution in [3.8, 4) is 0 Å². The fourth-order valence-electron chi connectivity index (χ4n) is 2.70. The number of anilines is 1. The quantitative estimate of drug-likeness (QED) is 0.880. The molecule has 1 aliphatic heterocycles. The molecule has 0 unspecified atom stereocenters. The molecule has 106 valence electrons. The summed E-state index contributed by atoms with van der Waals surface area (Å²) in [7, 11) is 4.37. The van der Waals surface area contributed by atoms with Gasteiger partial charge in [0, 0.05) is 25.3 Å². The third-order valence-electron chi connectivity index (χ3n) is 3.88. The molecule has 1 fully saturated rings. The van der Waals surface area contributed by atoms with E-state index in [9.17, 15) is 0 Å².